The summed E-state index contributed by atoms with van der Waals surface area (Å²) < 4.78 is 2.61. The zero-order valence-electron chi connectivity index (χ0n) is 20.4. The summed E-state index contributed by atoms with van der Waals surface area (Å²) in [4.78, 5) is 4.71. The Hall–Kier alpha value is -4.28. The van der Waals surface area contributed by atoms with Crippen LogP contribution in [0, 0.1) is 5.92 Å². The molecule has 0 saturated heterocycles. The highest BCUT2D eigenvalue weighted by Crippen LogP contribution is 2.43. The summed E-state index contributed by atoms with van der Waals surface area (Å²) in [5, 5.41) is 6.63. The highest BCUT2D eigenvalue weighted by atomic mass is 32.1. The van der Waals surface area contributed by atoms with Gasteiger partial charge in [-0.25, -0.2) is 0 Å². The van der Waals surface area contributed by atoms with E-state index in [4.69, 9.17) is 4.99 Å². The molecular weight excluding hydrogens is 470 g/mol. The molecule has 0 fully saturated rings. The van der Waals surface area contributed by atoms with Gasteiger partial charge < -0.3 is 5.43 Å². The molecule has 0 radical (unpaired) electrons. The molecule has 2 atom stereocenters. The molecule has 0 saturated carbocycles. The number of thiophene rings is 1. The minimum Gasteiger partial charge on any atom is -0.303 e. The van der Waals surface area contributed by atoms with Crippen LogP contribution in [0.3, 0.4) is 0 Å². The molecule has 1 aliphatic carbocycles. The molecule has 180 valence electrons. The van der Waals surface area contributed by atoms with Gasteiger partial charge in [0, 0.05) is 39.0 Å². The van der Waals surface area contributed by atoms with E-state index in [1.54, 1.807) is 0 Å². The number of allylic oxidation sites excluding steroid dienone is 2. The fraction of sp³-hybridized carbons (Fsp3) is 0.0909. The standard InChI is InChI=1S/C33H27N3S/c1-34-36-30-20-25(18-19-26(30)22-35-21-23-10-4-2-5-11-23)28-15-8-16-29-32-27(24-12-6-3-7-13-24)14-9-17-31(32)37-33(28)29/h2-20,22,26,30,36H,1,21H2. The van der Waals surface area contributed by atoms with Crippen molar-refractivity contribution >= 4 is 50.0 Å². The highest BCUT2D eigenvalue weighted by molar-refractivity contribution is 7.26. The smallest absolute Gasteiger partial charge is 0.0741 e. The van der Waals surface area contributed by atoms with E-state index >= 15 is 0 Å². The molecule has 3 nitrogen and oxygen atoms in total. The van der Waals surface area contributed by atoms with Crippen LogP contribution >= 0.6 is 11.3 Å². The lowest BCUT2D eigenvalue weighted by Gasteiger charge is -2.23. The monoisotopic (exact) mass is 497 g/mol. The van der Waals surface area contributed by atoms with Gasteiger partial charge >= 0.3 is 0 Å². The first kappa shape index (κ1) is 23.1. The Labute approximate surface area is 221 Å². The predicted octanol–water partition coefficient (Wildman–Crippen LogP) is 8.14. The quantitative estimate of drug-likeness (QED) is 0.179. The maximum atomic E-state index is 4.71. The molecule has 4 heteroatoms. The summed E-state index contributed by atoms with van der Waals surface area (Å²) in [6.07, 6.45) is 8.71. The minimum atomic E-state index is -0.0125. The van der Waals surface area contributed by atoms with Crippen LogP contribution in [0.5, 0.6) is 0 Å². The van der Waals surface area contributed by atoms with Crippen LogP contribution in [0.4, 0.5) is 0 Å². The summed E-state index contributed by atoms with van der Waals surface area (Å²) in [7, 11) is 0. The first-order chi connectivity index (χ1) is 18.3. The molecule has 1 heterocycles. The Bertz CT molecular complexity index is 1650. The van der Waals surface area contributed by atoms with Crippen LogP contribution < -0.4 is 5.43 Å². The van der Waals surface area contributed by atoms with E-state index in [1.807, 2.05) is 35.8 Å². The average molecular weight is 498 g/mol. The number of benzene rings is 4. The van der Waals surface area contributed by atoms with Gasteiger partial charge in [-0.15, -0.1) is 11.3 Å². The lowest BCUT2D eigenvalue weighted by molar-refractivity contribution is 0.577. The Morgan fingerprint density at radius 3 is 2.41 bits per heavy atom. The van der Waals surface area contributed by atoms with Crippen molar-refractivity contribution in [2.24, 2.45) is 16.0 Å². The second-order valence-corrected chi connectivity index (χ2v) is 10.2. The van der Waals surface area contributed by atoms with Gasteiger partial charge in [-0.3, -0.25) is 4.99 Å². The Kier molecular flexibility index (Phi) is 6.49. The summed E-state index contributed by atoms with van der Waals surface area (Å²) in [6.45, 7) is 4.34. The maximum Gasteiger partial charge on any atom is 0.0741 e. The van der Waals surface area contributed by atoms with E-state index in [9.17, 15) is 0 Å². The van der Waals surface area contributed by atoms with E-state index in [-0.39, 0.29) is 12.0 Å². The van der Waals surface area contributed by atoms with E-state index in [2.05, 4.69) is 114 Å². The molecule has 1 aromatic heterocycles. The third-order valence-electron chi connectivity index (χ3n) is 6.82. The van der Waals surface area contributed by atoms with E-state index in [1.165, 1.54) is 48.0 Å². The van der Waals surface area contributed by atoms with Crippen LogP contribution in [-0.4, -0.2) is 19.0 Å². The Morgan fingerprint density at radius 2 is 1.59 bits per heavy atom. The van der Waals surface area contributed by atoms with Gasteiger partial charge in [0.05, 0.1) is 12.6 Å². The first-order valence-electron chi connectivity index (χ1n) is 12.5. The maximum absolute atomic E-state index is 4.71. The molecule has 1 N–H and O–H groups in total. The first-order valence-corrected chi connectivity index (χ1v) is 13.3. The average Bonchev–Trinajstić information content (AvgIpc) is 3.34. The van der Waals surface area contributed by atoms with Crippen LogP contribution in [0.25, 0.3) is 36.9 Å². The van der Waals surface area contributed by atoms with Gasteiger partial charge in [-0.05, 0) is 33.9 Å². The SMILES string of the molecule is C=NNC1C=C(c2cccc3c2sc2cccc(-c4ccccc4)c23)C=CC1C=NCc1ccccc1. The van der Waals surface area contributed by atoms with Crippen molar-refractivity contribution in [2.45, 2.75) is 12.6 Å². The zero-order chi connectivity index (χ0) is 25.0. The molecule has 0 aliphatic heterocycles. The third-order valence-corrected chi connectivity index (χ3v) is 8.03. The van der Waals surface area contributed by atoms with Gasteiger partial charge in [0.1, 0.15) is 0 Å². The van der Waals surface area contributed by atoms with Crippen LogP contribution in [0.1, 0.15) is 11.1 Å². The molecule has 0 spiro atoms. The number of hydrogen-bond acceptors (Lipinski definition) is 4. The molecule has 6 rings (SSSR count). The minimum absolute atomic E-state index is 0.0125. The van der Waals surface area contributed by atoms with Gasteiger partial charge in [-0.2, -0.15) is 5.10 Å². The normalized spacial score (nSPS) is 17.4. The number of aliphatic imine (C=N–C) groups is 1. The second-order valence-electron chi connectivity index (χ2n) is 9.18. The fourth-order valence-electron chi connectivity index (χ4n) is 5.04. The third kappa shape index (κ3) is 4.64. The summed E-state index contributed by atoms with van der Waals surface area (Å²) in [6, 6.07) is 34.2. The number of fused-ring (bicyclic) bond motifs is 3. The van der Waals surface area contributed by atoms with Crippen molar-refractivity contribution in [3.05, 3.63) is 126 Å². The Balaban J connectivity index is 1.36. The molecule has 37 heavy (non-hydrogen) atoms. The van der Waals surface area contributed by atoms with E-state index < -0.39 is 0 Å². The number of hydrazone groups is 1. The van der Waals surface area contributed by atoms with Crippen molar-refractivity contribution in [1.82, 2.24) is 5.43 Å². The Morgan fingerprint density at radius 1 is 0.838 bits per heavy atom. The predicted molar refractivity (Wildman–Crippen MR) is 160 cm³/mol. The van der Waals surface area contributed by atoms with Crippen LogP contribution in [-0.2, 0) is 6.54 Å². The number of nitrogens with one attached hydrogen (secondary N) is 1. The van der Waals surface area contributed by atoms with Crippen molar-refractivity contribution in [1.29, 1.82) is 0 Å². The molecule has 0 amide bonds. The van der Waals surface area contributed by atoms with Crippen LogP contribution in [0.15, 0.2) is 125 Å². The largest absolute Gasteiger partial charge is 0.303 e. The van der Waals surface area contributed by atoms with Crippen molar-refractivity contribution in [2.75, 3.05) is 0 Å². The summed E-state index contributed by atoms with van der Waals surface area (Å²) >= 11 is 1.86. The molecule has 5 aromatic rings. The zero-order valence-corrected chi connectivity index (χ0v) is 21.2. The molecule has 1 aliphatic rings. The lowest BCUT2D eigenvalue weighted by atomic mass is 9.89. The summed E-state index contributed by atoms with van der Waals surface area (Å²) in [5.74, 6) is 0.101. The number of rotatable bonds is 7. The highest BCUT2D eigenvalue weighted by Gasteiger charge is 2.21. The van der Waals surface area contributed by atoms with Gasteiger partial charge in [0.25, 0.3) is 0 Å². The van der Waals surface area contributed by atoms with Gasteiger partial charge in [-0.1, -0.05) is 109 Å². The topological polar surface area (TPSA) is 36.8 Å². The van der Waals surface area contributed by atoms with Crippen molar-refractivity contribution in [3.63, 3.8) is 0 Å². The van der Waals surface area contributed by atoms with Crippen LogP contribution in [0.2, 0.25) is 0 Å². The molecule has 0 bridgehead atoms. The van der Waals surface area contributed by atoms with E-state index in [0.717, 1.165) is 0 Å². The molecule has 2 unspecified atom stereocenters. The molecular formula is C33H27N3S. The van der Waals surface area contributed by atoms with Gasteiger partial charge in [0.15, 0.2) is 0 Å². The number of nitrogens with zero attached hydrogens (tertiary/aromatic N) is 2. The molecule has 4 aromatic carbocycles. The summed E-state index contributed by atoms with van der Waals surface area (Å²) in [5.41, 5.74) is 9.34. The number of hydrogen-bond donors (Lipinski definition) is 1. The van der Waals surface area contributed by atoms with Gasteiger partial charge in [0.2, 0.25) is 0 Å². The van der Waals surface area contributed by atoms with E-state index in [0.29, 0.717) is 6.54 Å². The fourth-order valence-corrected chi connectivity index (χ4v) is 6.31. The lowest BCUT2D eigenvalue weighted by Crippen LogP contribution is -2.32. The van der Waals surface area contributed by atoms with Crippen molar-refractivity contribution in [3.8, 4) is 11.1 Å². The van der Waals surface area contributed by atoms with Crippen molar-refractivity contribution < 1.29 is 0 Å². The second kappa shape index (κ2) is 10.4.